The van der Waals surface area contributed by atoms with Crippen LogP contribution >= 0.6 is 11.6 Å². The van der Waals surface area contributed by atoms with E-state index in [9.17, 15) is 14.9 Å². The number of phenols is 1. The SMILES string of the molecule is O=Cc1c(Cl)ccc(O)c1[N+](=O)[O-]. The van der Waals surface area contributed by atoms with Gasteiger partial charge in [-0.05, 0) is 12.1 Å². The molecule has 0 amide bonds. The van der Waals surface area contributed by atoms with Gasteiger partial charge in [0.2, 0.25) is 0 Å². The predicted octanol–water partition coefficient (Wildman–Crippen LogP) is 1.77. The van der Waals surface area contributed by atoms with Gasteiger partial charge in [0.05, 0.1) is 9.95 Å². The third-order valence-corrected chi connectivity index (χ3v) is 1.77. The quantitative estimate of drug-likeness (QED) is 0.449. The van der Waals surface area contributed by atoms with E-state index in [1.807, 2.05) is 0 Å². The first kappa shape index (κ1) is 9.47. The lowest BCUT2D eigenvalue weighted by Crippen LogP contribution is -1.95. The molecule has 0 aliphatic rings. The summed E-state index contributed by atoms with van der Waals surface area (Å²) >= 11 is 5.50. The molecule has 0 saturated carbocycles. The molecule has 68 valence electrons. The number of benzene rings is 1. The van der Waals surface area contributed by atoms with Crippen molar-refractivity contribution in [2.75, 3.05) is 0 Å². The van der Waals surface area contributed by atoms with Crippen molar-refractivity contribution < 1.29 is 14.8 Å². The molecule has 1 rings (SSSR count). The second-order valence-corrected chi connectivity index (χ2v) is 2.61. The molecular weight excluding hydrogens is 198 g/mol. The summed E-state index contributed by atoms with van der Waals surface area (Å²) in [5, 5.41) is 19.4. The predicted molar refractivity (Wildman–Crippen MR) is 45.2 cm³/mol. The number of aromatic hydroxyl groups is 1. The van der Waals surface area contributed by atoms with Crippen molar-refractivity contribution in [3.05, 3.63) is 32.8 Å². The number of rotatable bonds is 2. The van der Waals surface area contributed by atoms with Crippen molar-refractivity contribution in [3.63, 3.8) is 0 Å². The third kappa shape index (κ3) is 1.59. The molecule has 0 aliphatic heterocycles. The molecule has 0 atom stereocenters. The van der Waals surface area contributed by atoms with Crippen molar-refractivity contribution >= 4 is 23.6 Å². The number of carbonyl (C=O) groups is 1. The van der Waals surface area contributed by atoms with E-state index in [2.05, 4.69) is 0 Å². The van der Waals surface area contributed by atoms with Crippen LogP contribution in [0.15, 0.2) is 12.1 Å². The Morgan fingerprint density at radius 3 is 2.54 bits per heavy atom. The van der Waals surface area contributed by atoms with Gasteiger partial charge < -0.3 is 5.11 Å². The van der Waals surface area contributed by atoms with Gasteiger partial charge in [-0.2, -0.15) is 0 Å². The highest BCUT2D eigenvalue weighted by Gasteiger charge is 2.21. The van der Waals surface area contributed by atoms with Gasteiger partial charge in [0.25, 0.3) is 0 Å². The Kier molecular flexibility index (Phi) is 2.48. The standard InChI is InChI=1S/C7H4ClNO4/c8-5-1-2-6(11)7(9(12)13)4(5)3-10/h1-3,11H. The minimum Gasteiger partial charge on any atom is -0.502 e. The highest BCUT2D eigenvalue weighted by molar-refractivity contribution is 6.33. The fraction of sp³-hybridized carbons (Fsp3) is 0. The molecule has 1 aromatic rings. The first-order valence-corrected chi connectivity index (χ1v) is 3.56. The van der Waals surface area contributed by atoms with Gasteiger partial charge in [-0.3, -0.25) is 14.9 Å². The minimum atomic E-state index is -0.856. The zero-order chi connectivity index (χ0) is 10.0. The average molecular weight is 202 g/mol. The summed E-state index contributed by atoms with van der Waals surface area (Å²) < 4.78 is 0. The molecule has 5 nitrogen and oxygen atoms in total. The fourth-order valence-corrected chi connectivity index (χ4v) is 1.07. The number of phenolic OH excluding ortho intramolecular Hbond substituents is 1. The second-order valence-electron chi connectivity index (χ2n) is 2.20. The van der Waals surface area contributed by atoms with Crippen LogP contribution < -0.4 is 0 Å². The van der Waals surface area contributed by atoms with Crippen LogP contribution in [0.4, 0.5) is 5.69 Å². The van der Waals surface area contributed by atoms with Crippen LogP contribution in [0.3, 0.4) is 0 Å². The van der Waals surface area contributed by atoms with E-state index in [4.69, 9.17) is 16.7 Å². The number of aldehydes is 1. The molecule has 0 radical (unpaired) electrons. The van der Waals surface area contributed by atoms with E-state index in [0.29, 0.717) is 0 Å². The normalized spacial score (nSPS) is 9.62. The lowest BCUT2D eigenvalue weighted by Gasteiger charge is -1.99. The lowest BCUT2D eigenvalue weighted by molar-refractivity contribution is -0.386. The highest BCUT2D eigenvalue weighted by atomic mass is 35.5. The fourth-order valence-electron chi connectivity index (χ4n) is 0.876. The van der Waals surface area contributed by atoms with E-state index in [1.54, 1.807) is 0 Å². The highest BCUT2D eigenvalue weighted by Crippen LogP contribution is 2.33. The van der Waals surface area contributed by atoms with Crippen LogP contribution in [0.1, 0.15) is 10.4 Å². The Hall–Kier alpha value is -1.62. The van der Waals surface area contributed by atoms with E-state index < -0.39 is 16.4 Å². The molecule has 0 fully saturated rings. The van der Waals surface area contributed by atoms with Crippen molar-refractivity contribution in [2.45, 2.75) is 0 Å². The maximum atomic E-state index is 10.4. The van der Waals surface area contributed by atoms with Gasteiger partial charge in [0.15, 0.2) is 12.0 Å². The number of carbonyl (C=O) groups excluding carboxylic acids is 1. The van der Waals surface area contributed by atoms with E-state index in [-0.39, 0.29) is 16.9 Å². The summed E-state index contributed by atoms with van der Waals surface area (Å²) in [7, 11) is 0. The Morgan fingerprint density at radius 2 is 2.15 bits per heavy atom. The third-order valence-electron chi connectivity index (χ3n) is 1.44. The molecule has 0 saturated heterocycles. The average Bonchev–Trinajstić information content (AvgIpc) is 2.07. The largest absolute Gasteiger partial charge is 0.502 e. The summed E-state index contributed by atoms with van der Waals surface area (Å²) in [6.45, 7) is 0. The first-order chi connectivity index (χ1) is 6.07. The maximum Gasteiger partial charge on any atom is 0.322 e. The van der Waals surface area contributed by atoms with Crippen LogP contribution in [0, 0.1) is 10.1 Å². The Balaban J connectivity index is 3.52. The minimum absolute atomic E-state index is 0.0560. The summed E-state index contributed by atoms with van der Waals surface area (Å²) in [5.74, 6) is -0.573. The van der Waals surface area contributed by atoms with Gasteiger partial charge in [0.1, 0.15) is 5.56 Å². The van der Waals surface area contributed by atoms with Crippen molar-refractivity contribution in [2.24, 2.45) is 0 Å². The van der Waals surface area contributed by atoms with Crippen LogP contribution in [-0.4, -0.2) is 16.3 Å². The van der Waals surface area contributed by atoms with Gasteiger partial charge in [0, 0.05) is 0 Å². The van der Waals surface area contributed by atoms with Crippen LogP contribution in [0.25, 0.3) is 0 Å². The maximum absolute atomic E-state index is 10.4. The molecule has 0 bridgehead atoms. The molecule has 0 heterocycles. The Labute approximate surface area is 77.7 Å². The molecule has 1 N–H and O–H groups in total. The zero-order valence-electron chi connectivity index (χ0n) is 6.23. The van der Waals surface area contributed by atoms with Gasteiger partial charge >= 0.3 is 5.69 Å². The van der Waals surface area contributed by atoms with Gasteiger partial charge in [-0.25, -0.2) is 0 Å². The topological polar surface area (TPSA) is 80.4 Å². The number of halogens is 1. The van der Waals surface area contributed by atoms with E-state index in [1.165, 1.54) is 6.07 Å². The summed E-state index contributed by atoms with van der Waals surface area (Å²) in [6, 6.07) is 2.28. The molecule has 0 spiro atoms. The number of hydrogen-bond acceptors (Lipinski definition) is 4. The van der Waals surface area contributed by atoms with Crippen LogP contribution in [0.2, 0.25) is 5.02 Å². The monoisotopic (exact) mass is 201 g/mol. The molecular formula is C7H4ClNO4. The first-order valence-electron chi connectivity index (χ1n) is 3.19. The zero-order valence-corrected chi connectivity index (χ0v) is 6.99. The molecule has 0 unspecified atom stereocenters. The van der Waals surface area contributed by atoms with E-state index >= 15 is 0 Å². The Morgan fingerprint density at radius 1 is 1.54 bits per heavy atom. The molecule has 13 heavy (non-hydrogen) atoms. The van der Waals surface area contributed by atoms with Gasteiger partial charge in [-0.15, -0.1) is 0 Å². The summed E-state index contributed by atoms with van der Waals surface area (Å²) in [4.78, 5) is 19.9. The molecule has 0 aromatic heterocycles. The summed E-state index contributed by atoms with van der Waals surface area (Å²) in [5.41, 5.74) is -0.978. The smallest absolute Gasteiger partial charge is 0.322 e. The lowest BCUT2D eigenvalue weighted by atomic mass is 10.2. The van der Waals surface area contributed by atoms with Crippen molar-refractivity contribution in [1.29, 1.82) is 0 Å². The van der Waals surface area contributed by atoms with Crippen molar-refractivity contribution in [3.8, 4) is 5.75 Å². The number of nitrogens with zero attached hydrogens (tertiary/aromatic N) is 1. The number of nitro groups is 1. The molecule has 1 aromatic carbocycles. The summed E-state index contributed by atoms with van der Waals surface area (Å²) in [6.07, 6.45) is 0.236. The Bertz CT molecular complexity index is 377. The van der Waals surface area contributed by atoms with Gasteiger partial charge in [-0.1, -0.05) is 11.6 Å². The second kappa shape index (κ2) is 3.40. The molecule has 0 aliphatic carbocycles. The van der Waals surface area contributed by atoms with Crippen LogP contribution in [-0.2, 0) is 0 Å². The van der Waals surface area contributed by atoms with Crippen molar-refractivity contribution in [1.82, 2.24) is 0 Å². The van der Waals surface area contributed by atoms with Crippen LogP contribution in [0.5, 0.6) is 5.75 Å². The number of nitro benzene ring substituents is 1. The number of hydrogen-bond donors (Lipinski definition) is 1. The molecule has 6 heteroatoms. The van der Waals surface area contributed by atoms with E-state index in [0.717, 1.165) is 6.07 Å².